The summed E-state index contributed by atoms with van der Waals surface area (Å²) in [6, 6.07) is 2.16. The number of aromatic amines is 1. The van der Waals surface area contributed by atoms with Crippen LogP contribution in [0.15, 0.2) is 10.9 Å². The Morgan fingerprint density at radius 2 is 2.47 bits per heavy atom. The number of methoxy groups -OCH3 is 1. The van der Waals surface area contributed by atoms with Crippen molar-refractivity contribution >= 4 is 11.6 Å². The van der Waals surface area contributed by atoms with Crippen LogP contribution in [0.2, 0.25) is 0 Å². The lowest BCUT2D eigenvalue weighted by atomic mass is 10.4. The van der Waals surface area contributed by atoms with Gasteiger partial charge >= 0.3 is 5.69 Å². The summed E-state index contributed by atoms with van der Waals surface area (Å²) in [5, 5.41) is 9.58. The van der Waals surface area contributed by atoms with E-state index in [1.807, 2.05) is 0 Å². The van der Waals surface area contributed by atoms with Gasteiger partial charge in [-0.2, -0.15) is 5.10 Å². The van der Waals surface area contributed by atoms with Crippen LogP contribution in [0.1, 0.15) is 18.5 Å². The maximum absolute atomic E-state index is 11.6. The van der Waals surface area contributed by atoms with E-state index in [-0.39, 0.29) is 5.69 Å². The van der Waals surface area contributed by atoms with E-state index in [9.17, 15) is 4.79 Å². The maximum Gasteiger partial charge on any atom is 0.350 e. The minimum absolute atomic E-state index is 0.278. The first-order valence-corrected chi connectivity index (χ1v) is 5.50. The molecule has 2 heterocycles. The van der Waals surface area contributed by atoms with Gasteiger partial charge in [-0.3, -0.25) is 0 Å². The van der Waals surface area contributed by atoms with E-state index in [4.69, 9.17) is 4.74 Å². The van der Waals surface area contributed by atoms with Crippen molar-refractivity contribution in [3.8, 4) is 0 Å². The molecule has 0 amide bonds. The molecule has 0 radical (unpaired) electrons. The van der Waals surface area contributed by atoms with E-state index < -0.39 is 0 Å². The van der Waals surface area contributed by atoms with Crippen LogP contribution in [-0.2, 0) is 11.3 Å². The zero-order valence-corrected chi connectivity index (χ0v) is 9.43. The highest BCUT2D eigenvalue weighted by molar-refractivity contribution is 5.46. The molecular weight excluding hydrogens is 222 g/mol. The van der Waals surface area contributed by atoms with Crippen LogP contribution < -0.4 is 11.0 Å². The van der Waals surface area contributed by atoms with Gasteiger partial charge in [-0.05, 0) is 12.8 Å². The first-order valence-electron chi connectivity index (χ1n) is 5.50. The summed E-state index contributed by atoms with van der Waals surface area (Å²) in [6.07, 6.45) is 2.23. The fraction of sp³-hybridized carbons (Fsp3) is 0.500. The van der Waals surface area contributed by atoms with Crippen LogP contribution in [0.25, 0.3) is 5.65 Å². The van der Waals surface area contributed by atoms with Gasteiger partial charge in [0.05, 0.1) is 12.3 Å². The summed E-state index contributed by atoms with van der Waals surface area (Å²) in [4.78, 5) is 16.0. The lowest BCUT2D eigenvalue weighted by Gasteiger charge is -2.07. The summed E-state index contributed by atoms with van der Waals surface area (Å²) in [5.41, 5.74) is 1.03. The van der Waals surface area contributed by atoms with E-state index in [0.29, 0.717) is 24.2 Å². The number of ether oxygens (including phenoxy) is 1. The van der Waals surface area contributed by atoms with Gasteiger partial charge in [-0.25, -0.2) is 19.3 Å². The lowest BCUT2D eigenvalue weighted by molar-refractivity contribution is 0.181. The fourth-order valence-corrected chi connectivity index (χ4v) is 1.71. The molecule has 0 aromatic carbocycles. The van der Waals surface area contributed by atoms with Crippen LogP contribution in [0.5, 0.6) is 0 Å². The zero-order chi connectivity index (χ0) is 11.8. The Labute approximate surface area is 96.8 Å². The third-order valence-electron chi connectivity index (χ3n) is 2.66. The molecule has 17 heavy (non-hydrogen) atoms. The summed E-state index contributed by atoms with van der Waals surface area (Å²) in [7, 11) is 1.61. The molecular formula is C10H13N5O2. The van der Waals surface area contributed by atoms with Crippen molar-refractivity contribution in [1.29, 1.82) is 0 Å². The predicted octanol–water partition coefficient (Wildman–Crippen LogP) is 0.138. The average molecular weight is 235 g/mol. The molecule has 0 unspecified atom stereocenters. The Balaban J connectivity index is 2.12. The number of anilines is 1. The van der Waals surface area contributed by atoms with E-state index in [2.05, 4.69) is 20.5 Å². The van der Waals surface area contributed by atoms with E-state index in [1.165, 1.54) is 4.40 Å². The number of nitrogens with zero attached hydrogens (tertiary/aromatic N) is 3. The Morgan fingerprint density at radius 1 is 1.65 bits per heavy atom. The number of rotatable bonds is 4. The second-order valence-electron chi connectivity index (χ2n) is 4.15. The quantitative estimate of drug-likeness (QED) is 0.787. The molecule has 2 aromatic rings. The molecule has 2 aromatic heterocycles. The van der Waals surface area contributed by atoms with Crippen molar-refractivity contribution in [3.63, 3.8) is 0 Å². The molecule has 1 fully saturated rings. The largest absolute Gasteiger partial charge is 0.378 e. The molecule has 1 aliphatic carbocycles. The fourth-order valence-electron chi connectivity index (χ4n) is 1.71. The van der Waals surface area contributed by atoms with Crippen LogP contribution in [0.4, 0.5) is 5.95 Å². The van der Waals surface area contributed by atoms with Crippen molar-refractivity contribution in [2.45, 2.75) is 25.5 Å². The van der Waals surface area contributed by atoms with Crippen molar-refractivity contribution in [2.24, 2.45) is 0 Å². The van der Waals surface area contributed by atoms with Gasteiger partial charge in [0.25, 0.3) is 0 Å². The molecule has 7 heteroatoms. The third-order valence-corrected chi connectivity index (χ3v) is 2.66. The molecule has 90 valence electrons. The molecule has 0 atom stereocenters. The topological polar surface area (TPSA) is 84.3 Å². The number of hydrogen-bond donors (Lipinski definition) is 2. The van der Waals surface area contributed by atoms with Crippen molar-refractivity contribution in [3.05, 3.63) is 22.2 Å². The summed E-state index contributed by atoms with van der Waals surface area (Å²) >= 11 is 0. The molecule has 0 aliphatic heterocycles. The highest BCUT2D eigenvalue weighted by Crippen LogP contribution is 2.23. The zero-order valence-electron chi connectivity index (χ0n) is 9.43. The van der Waals surface area contributed by atoms with Crippen LogP contribution in [-0.4, -0.2) is 32.7 Å². The van der Waals surface area contributed by atoms with Gasteiger partial charge in [0.15, 0.2) is 5.65 Å². The minimum Gasteiger partial charge on any atom is -0.378 e. The number of aromatic nitrogens is 4. The van der Waals surface area contributed by atoms with E-state index in [1.54, 1.807) is 13.2 Å². The molecule has 0 saturated heterocycles. The minimum atomic E-state index is -0.278. The van der Waals surface area contributed by atoms with Crippen molar-refractivity contribution < 1.29 is 4.74 Å². The van der Waals surface area contributed by atoms with E-state index >= 15 is 0 Å². The first-order chi connectivity index (χ1) is 8.28. The third kappa shape index (κ3) is 1.89. The molecule has 1 saturated carbocycles. The van der Waals surface area contributed by atoms with Gasteiger partial charge in [0, 0.05) is 19.2 Å². The van der Waals surface area contributed by atoms with Crippen molar-refractivity contribution in [1.82, 2.24) is 19.6 Å². The highest BCUT2D eigenvalue weighted by Gasteiger charge is 2.23. The van der Waals surface area contributed by atoms with Gasteiger partial charge < -0.3 is 10.1 Å². The van der Waals surface area contributed by atoms with Gasteiger partial charge in [-0.1, -0.05) is 0 Å². The predicted molar refractivity (Wildman–Crippen MR) is 61.0 cm³/mol. The summed E-state index contributed by atoms with van der Waals surface area (Å²) < 4.78 is 6.49. The highest BCUT2D eigenvalue weighted by atomic mass is 16.5. The Morgan fingerprint density at radius 3 is 3.18 bits per heavy atom. The Bertz CT molecular complexity index is 598. The number of hydrogen-bond acceptors (Lipinski definition) is 5. The number of fused-ring (bicyclic) bond motifs is 1. The SMILES string of the molecule is COCc1cc2n[nH]c(=O)n2c(NC2CC2)n1. The standard InChI is InChI=1S/C10H13N5O2/c1-17-5-7-4-8-13-14-10(16)15(8)9(12-7)11-6-2-3-6/h4,6H,2-3,5H2,1H3,(H,11,12)(H,14,16). The van der Waals surface area contributed by atoms with Crippen LogP contribution in [0.3, 0.4) is 0 Å². The molecule has 0 bridgehead atoms. The van der Waals surface area contributed by atoms with Crippen LogP contribution in [0, 0.1) is 0 Å². The molecule has 1 aliphatic rings. The molecule has 3 rings (SSSR count). The van der Waals surface area contributed by atoms with E-state index in [0.717, 1.165) is 18.5 Å². The normalized spacial score (nSPS) is 15.4. The monoisotopic (exact) mass is 235 g/mol. The average Bonchev–Trinajstić information content (AvgIpc) is 3.03. The van der Waals surface area contributed by atoms with Crippen LogP contribution >= 0.6 is 0 Å². The maximum atomic E-state index is 11.6. The smallest absolute Gasteiger partial charge is 0.350 e. The number of nitrogens with one attached hydrogen (secondary N) is 2. The molecule has 0 spiro atoms. The summed E-state index contributed by atoms with van der Waals surface area (Å²) in [6.45, 7) is 0.400. The number of H-pyrrole nitrogens is 1. The molecule has 2 N–H and O–H groups in total. The van der Waals surface area contributed by atoms with Gasteiger partial charge in [0.2, 0.25) is 5.95 Å². The second kappa shape index (κ2) is 3.85. The first kappa shape index (κ1) is 10.3. The Kier molecular flexibility index (Phi) is 2.32. The van der Waals surface area contributed by atoms with Gasteiger partial charge in [-0.15, -0.1) is 0 Å². The van der Waals surface area contributed by atoms with Crippen molar-refractivity contribution in [2.75, 3.05) is 12.4 Å². The van der Waals surface area contributed by atoms with Gasteiger partial charge in [0.1, 0.15) is 0 Å². The summed E-state index contributed by atoms with van der Waals surface area (Å²) in [5.74, 6) is 0.538. The molecule has 7 nitrogen and oxygen atoms in total. The Hall–Kier alpha value is -1.89. The lowest BCUT2D eigenvalue weighted by Crippen LogP contribution is -2.18. The second-order valence-corrected chi connectivity index (χ2v) is 4.15.